The summed E-state index contributed by atoms with van der Waals surface area (Å²) in [6.07, 6.45) is 0. The van der Waals surface area contributed by atoms with Crippen molar-refractivity contribution in [2.24, 2.45) is 10.2 Å². The van der Waals surface area contributed by atoms with Crippen molar-refractivity contribution in [3.8, 4) is 33.9 Å². The standard InChI is InChI=1S/C27H17Cl2N3O4/c28-20-10-8-14(12-21(20)29)15-7-9-19-23(13-15)30-26(34)24(19)32-31-22-6-2-5-18(25(22)33)16-3-1-4-17(11-16)27(35)36/h1-13,30,33-34H,(H,35,36). The number of para-hydroxylation sites is 1. The number of phenolic OH excluding ortho intramolecular Hbond substituents is 1. The summed E-state index contributed by atoms with van der Waals surface area (Å²) in [5, 5.41) is 40.4. The van der Waals surface area contributed by atoms with Gasteiger partial charge in [-0.2, -0.15) is 0 Å². The molecule has 0 bridgehead atoms. The average Bonchev–Trinajstić information content (AvgIpc) is 3.19. The van der Waals surface area contributed by atoms with E-state index in [9.17, 15) is 20.1 Å². The van der Waals surface area contributed by atoms with Gasteiger partial charge in [0.1, 0.15) is 5.69 Å². The van der Waals surface area contributed by atoms with Gasteiger partial charge in [0.2, 0.25) is 5.88 Å². The lowest BCUT2D eigenvalue weighted by Crippen LogP contribution is -1.95. The van der Waals surface area contributed by atoms with E-state index in [2.05, 4.69) is 15.2 Å². The minimum atomic E-state index is -1.07. The molecule has 5 rings (SSSR count). The fourth-order valence-electron chi connectivity index (χ4n) is 3.89. The number of azo groups is 1. The Kier molecular flexibility index (Phi) is 6.10. The number of fused-ring (bicyclic) bond motifs is 1. The number of benzene rings is 4. The highest BCUT2D eigenvalue weighted by Crippen LogP contribution is 2.41. The third-order valence-electron chi connectivity index (χ3n) is 5.70. The third-order valence-corrected chi connectivity index (χ3v) is 6.44. The van der Waals surface area contributed by atoms with Crippen LogP contribution in [-0.4, -0.2) is 26.3 Å². The Morgan fingerprint density at radius 2 is 1.53 bits per heavy atom. The third kappa shape index (κ3) is 4.37. The number of aromatic nitrogens is 1. The van der Waals surface area contributed by atoms with Gasteiger partial charge in [0.25, 0.3) is 0 Å². The molecule has 0 aliphatic carbocycles. The molecule has 9 heteroatoms. The normalized spacial score (nSPS) is 11.4. The maximum atomic E-state index is 11.3. The molecule has 0 aliphatic rings. The predicted molar refractivity (Wildman–Crippen MR) is 140 cm³/mol. The minimum Gasteiger partial charge on any atom is -0.505 e. The van der Waals surface area contributed by atoms with Crippen LogP contribution in [0.3, 0.4) is 0 Å². The van der Waals surface area contributed by atoms with Crippen LogP contribution in [0.4, 0.5) is 11.4 Å². The first-order valence-corrected chi connectivity index (χ1v) is 11.4. The van der Waals surface area contributed by atoms with Gasteiger partial charge in [0.15, 0.2) is 11.4 Å². The molecule has 0 spiro atoms. The summed E-state index contributed by atoms with van der Waals surface area (Å²) < 4.78 is 0. The van der Waals surface area contributed by atoms with E-state index in [0.717, 1.165) is 11.1 Å². The van der Waals surface area contributed by atoms with Crippen LogP contribution in [0.5, 0.6) is 11.6 Å². The van der Waals surface area contributed by atoms with Crippen molar-refractivity contribution in [1.29, 1.82) is 0 Å². The van der Waals surface area contributed by atoms with Gasteiger partial charge >= 0.3 is 5.97 Å². The number of carboxylic acid groups (broad SMARTS) is 1. The van der Waals surface area contributed by atoms with Crippen LogP contribution in [0.1, 0.15) is 10.4 Å². The summed E-state index contributed by atoms with van der Waals surface area (Å²) in [5.41, 5.74) is 3.75. The Morgan fingerprint density at radius 1 is 0.778 bits per heavy atom. The van der Waals surface area contributed by atoms with Crippen molar-refractivity contribution in [3.63, 3.8) is 0 Å². The molecule has 0 radical (unpaired) electrons. The van der Waals surface area contributed by atoms with Crippen molar-refractivity contribution in [1.82, 2.24) is 4.98 Å². The molecule has 0 unspecified atom stereocenters. The summed E-state index contributed by atoms with van der Waals surface area (Å²) >= 11 is 12.2. The molecule has 36 heavy (non-hydrogen) atoms. The average molecular weight is 518 g/mol. The highest BCUT2D eigenvalue weighted by molar-refractivity contribution is 6.42. The number of nitrogens with zero attached hydrogens (tertiary/aromatic N) is 2. The number of carboxylic acids is 1. The van der Waals surface area contributed by atoms with Crippen molar-refractivity contribution < 1.29 is 20.1 Å². The number of phenols is 1. The van der Waals surface area contributed by atoms with Gasteiger partial charge in [-0.25, -0.2) is 4.79 Å². The van der Waals surface area contributed by atoms with Gasteiger partial charge in [-0.05, 0) is 59.2 Å². The Hall–Kier alpha value is -4.33. The lowest BCUT2D eigenvalue weighted by Gasteiger charge is -2.07. The second kappa shape index (κ2) is 9.37. The van der Waals surface area contributed by atoms with Crippen LogP contribution in [0.25, 0.3) is 33.2 Å². The van der Waals surface area contributed by atoms with Gasteiger partial charge in [-0.15, -0.1) is 10.2 Å². The zero-order chi connectivity index (χ0) is 25.4. The van der Waals surface area contributed by atoms with Gasteiger partial charge < -0.3 is 20.3 Å². The van der Waals surface area contributed by atoms with Crippen LogP contribution < -0.4 is 0 Å². The highest BCUT2D eigenvalue weighted by Gasteiger charge is 2.14. The Labute approximate surface area is 214 Å². The van der Waals surface area contributed by atoms with Crippen LogP contribution in [-0.2, 0) is 0 Å². The SMILES string of the molecule is O=C(O)c1cccc(-c2cccc(N=Nc3c(O)[nH]c4cc(-c5ccc(Cl)c(Cl)c5)ccc34)c2O)c1. The predicted octanol–water partition coefficient (Wildman–Crippen LogP) is 8.33. The first-order valence-electron chi connectivity index (χ1n) is 10.7. The Morgan fingerprint density at radius 3 is 2.31 bits per heavy atom. The lowest BCUT2D eigenvalue weighted by molar-refractivity contribution is 0.0697. The van der Waals surface area contributed by atoms with Crippen molar-refractivity contribution in [2.45, 2.75) is 0 Å². The van der Waals surface area contributed by atoms with Crippen LogP contribution >= 0.6 is 23.2 Å². The fourth-order valence-corrected chi connectivity index (χ4v) is 4.19. The molecule has 1 aromatic heterocycles. The number of H-pyrrole nitrogens is 1. The van der Waals surface area contributed by atoms with E-state index in [1.54, 1.807) is 48.5 Å². The first-order chi connectivity index (χ1) is 17.3. The zero-order valence-corrected chi connectivity index (χ0v) is 19.9. The quantitative estimate of drug-likeness (QED) is 0.175. The zero-order valence-electron chi connectivity index (χ0n) is 18.4. The molecule has 5 aromatic rings. The van der Waals surface area contributed by atoms with E-state index < -0.39 is 5.97 Å². The molecule has 0 atom stereocenters. The number of carbonyl (C=O) groups is 1. The number of hydrogen-bond donors (Lipinski definition) is 4. The van der Waals surface area contributed by atoms with Crippen molar-refractivity contribution >= 4 is 51.4 Å². The van der Waals surface area contributed by atoms with Crippen molar-refractivity contribution in [2.75, 3.05) is 0 Å². The Bertz CT molecular complexity index is 1680. The molecule has 0 aliphatic heterocycles. The van der Waals surface area contributed by atoms with E-state index in [-0.39, 0.29) is 28.6 Å². The van der Waals surface area contributed by atoms with Gasteiger partial charge in [-0.3, -0.25) is 0 Å². The fraction of sp³-hybridized carbons (Fsp3) is 0. The number of hydrogen-bond acceptors (Lipinski definition) is 5. The molecule has 4 aromatic carbocycles. The molecule has 4 N–H and O–H groups in total. The van der Waals surface area contributed by atoms with Crippen LogP contribution in [0.2, 0.25) is 10.0 Å². The summed E-state index contributed by atoms with van der Waals surface area (Å²) in [5.74, 6) is -1.40. The number of aromatic hydroxyl groups is 2. The summed E-state index contributed by atoms with van der Waals surface area (Å²) in [6.45, 7) is 0. The second-order valence-corrected chi connectivity index (χ2v) is 8.79. The van der Waals surface area contributed by atoms with Gasteiger partial charge in [0, 0.05) is 10.9 Å². The molecule has 0 fully saturated rings. The number of nitrogens with one attached hydrogen (secondary N) is 1. The second-order valence-electron chi connectivity index (χ2n) is 7.97. The minimum absolute atomic E-state index is 0.0999. The van der Waals surface area contributed by atoms with E-state index in [1.807, 2.05) is 18.2 Å². The molecule has 0 saturated carbocycles. The monoisotopic (exact) mass is 517 g/mol. The summed E-state index contributed by atoms with van der Waals surface area (Å²) in [7, 11) is 0. The smallest absolute Gasteiger partial charge is 0.335 e. The lowest BCUT2D eigenvalue weighted by atomic mass is 10.0. The molecule has 0 saturated heterocycles. The van der Waals surface area contributed by atoms with E-state index in [1.165, 1.54) is 12.1 Å². The number of aromatic carboxylic acids is 1. The van der Waals surface area contributed by atoms with Crippen molar-refractivity contribution in [3.05, 3.63) is 94.5 Å². The van der Waals surface area contributed by atoms with E-state index in [0.29, 0.717) is 32.1 Å². The Balaban J connectivity index is 1.50. The topological polar surface area (TPSA) is 118 Å². The van der Waals surface area contributed by atoms with Crippen LogP contribution in [0.15, 0.2) is 89.1 Å². The van der Waals surface area contributed by atoms with Crippen LogP contribution in [0, 0.1) is 0 Å². The number of halogens is 2. The van der Waals surface area contributed by atoms with Gasteiger partial charge in [0.05, 0.1) is 21.1 Å². The first kappa shape index (κ1) is 23.4. The summed E-state index contributed by atoms with van der Waals surface area (Å²) in [4.78, 5) is 14.2. The molecular formula is C27H17Cl2N3O4. The van der Waals surface area contributed by atoms with E-state index >= 15 is 0 Å². The molecule has 1 heterocycles. The summed E-state index contributed by atoms with van der Waals surface area (Å²) in [6, 6.07) is 22.0. The largest absolute Gasteiger partial charge is 0.505 e. The molecule has 0 amide bonds. The number of aromatic amines is 1. The van der Waals surface area contributed by atoms with Gasteiger partial charge in [-0.1, -0.05) is 59.6 Å². The van der Waals surface area contributed by atoms with E-state index in [4.69, 9.17) is 23.2 Å². The molecular weight excluding hydrogens is 501 g/mol. The highest BCUT2D eigenvalue weighted by atomic mass is 35.5. The molecule has 178 valence electrons. The number of rotatable bonds is 5. The maximum absolute atomic E-state index is 11.3. The maximum Gasteiger partial charge on any atom is 0.335 e. The molecule has 7 nitrogen and oxygen atoms in total.